The van der Waals surface area contributed by atoms with Crippen LogP contribution in [0.2, 0.25) is 0 Å². The second kappa shape index (κ2) is 4.81. The number of nitrogens with two attached hydrogens (primary N) is 1. The molecule has 0 saturated carbocycles. The average molecular weight is 291 g/mol. The van der Waals surface area contributed by atoms with Crippen LogP contribution in [0, 0.1) is 3.57 Å². The van der Waals surface area contributed by atoms with Crippen molar-refractivity contribution in [1.82, 2.24) is 0 Å². The number of aromatic hydroxyl groups is 1. The number of hydrogen-bond acceptors (Lipinski definition) is 2. The van der Waals surface area contributed by atoms with Gasteiger partial charge in [0.2, 0.25) is 0 Å². The minimum atomic E-state index is -0.0419. The van der Waals surface area contributed by atoms with Crippen molar-refractivity contribution in [2.24, 2.45) is 5.73 Å². The summed E-state index contributed by atoms with van der Waals surface area (Å²) in [6.07, 6.45) is 1.94. The third-order valence-corrected chi connectivity index (χ3v) is 2.89. The van der Waals surface area contributed by atoms with Crippen LogP contribution in [0.4, 0.5) is 0 Å². The zero-order valence-electron chi connectivity index (χ0n) is 7.63. The monoisotopic (exact) mass is 291 g/mol. The third kappa shape index (κ3) is 2.57. The van der Waals surface area contributed by atoms with Crippen molar-refractivity contribution in [2.75, 3.05) is 0 Å². The molecule has 0 unspecified atom stereocenters. The van der Waals surface area contributed by atoms with E-state index in [4.69, 9.17) is 5.73 Å². The standard InChI is InChI=1S/C10H14INO/c1-2-4-9(12)7-5-3-6-8(11)10(7)13/h3,5-6,9,13H,2,4,12H2,1H3/t9-/m0/s1. The molecule has 1 aromatic rings. The van der Waals surface area contributed by atoms with Crippen LogP contribution in [-0.4, -0.2) is 5.11 Å². The fraction of sp³-hybridized carbons (Fsp3) is 0.400. The predicted octanol–water partition coefficient (Wildman–Crippen LogP) is 2.80. The molecule has 0 fully saturated rings. The molecule has 3 heteroatoms. The molecule has 0 amide bonds. The topological polar surface area (TPSA) is 46.2 Å². The Morgan fingerprint density at radius 2 is 2.23 bits per heavy atom. The van der Waals surface area contributed by atoms with E-state index in [1.807, 2.05) is 18.2 Å². The summed E-state index contributed by atoms with van der Waals surface area (Å²) in [6, 6.07) is 5.64. The fourth-order valence-electron chi connectivity index (χ4n) is 1.30. The van der Waals surface area contributed by atoms with E-state index in [1.165, 1.54) is 0 Å². The number of phenols is 1. The maximum Gasteiger partial charge on any atom is 0.133 e. The quantitative estimate of drug-likeness (QED) is 0.841. The molecule has 1 aromatic carbocycles. The van der Waals surface area contributed by atoms with Crippen molar-refractivity contribution in [3.63, 3.8) is 0 Å². The molecule has 0 bridgehead atoms. The van der Waals surface area contributed by atoms with Crippen LogP contribution < -0.4 is 5.73 Å². The second-order valence-corrected chi connectivity index (χ2v) is 4.24. The average Bonchev–Trinajstić information content (AvgIpc) is 2.10. The Morgan fingerprint density at radius 1 is 1.54 bits per heavy atom. The van der Waals surface area contributed by atoms with Gasteiger partial charge in [0.1, 0.15) is 5.75 Å². The first-order chi connectivity index (χ1) is 6.16. The minimum absolute atomic E-state index is 0.0419. The number of hydrogen-bond donors (Lipinski definition) is 2. The Labute approximate surface area is 92.3 Å². The first-order valence-electron chi connectivity index (χ1n) is 4.39. The summed E-state index contributed by atoms with van der Waals surface area (Å²) in [7, 11) is 0. The molecule has 13 heavy (non-hydrogen) atoms. The third-order valence-electron chi connectivity index (χ3n) is 2.02. The summed E-state index contributed by atoms with van der Waals surface area (Å²) >= 11 is 2.11. The molecular weight excluding hydrogens is 277 g/mol. The van der Waals surface area contributed by atoms with E-state index in [-0.39, 0.29) is 6.04 Å². The van der Waals surface area contributed by atoms with Crippen molar-refractivity contribution in [2.45, 2.75) is 25.8 Å². The van der Waals surface area contributed by atoms with Crippen molar-refractivity contribution < 1.29 is 5.11 Å². The van der Waals surface area contributed by atoms with Crippen LogP contribution >= 0.6 is 22.6 Å². The van der Waals surface area contributed by atoms with Gasteiger partial charge in [0, 0.05) is 11.6 Å². The van der Waals surface area contributed by atoms with E-state index in [1.54, 1.807) is 0 Å². The zero-order valence-corrected chi connectivity index (χ0v) is 9.78. The van der Waals surface area contributed by atoms with E-state index in [0.717, 1.165) is 22.0 Å². The molecule has 0 aliphatic heterocycles. The molecule has 2 nitrogen and oxygen atoms in total. The van der Waals surface area contributed by atoms with Gasteiger partial charge in [-0.2, -0.15) is 0 Å². The van der Waals surface area contributed by atoms with Crippen molar-refractivity contribution >= 4 is 22.6 Å². The van der Waals surface area contributed by atoms with Gasteiger partial charge in [0.05, 0.1) is 3.57 Å². The Morgan fingerprint density at radius 3 is 2.85 bits per heavy atom. The van der Waals surface area contributed by atoms with Gasteiger partial charge in [-0.25, -0.2) is 0 Å². The lowest BCUT2D eigenvalue weighted by Gasteiger charge is -2.13. The maximum absolute atomic E-state index is 9.71. The molecule has 72 valence electrons. The number of halogens is 1. The van der Waals surface area contributed by atoms with Crippen LogP contribution in [0.25, 0.3) is 0 Å². The lowest BCUT2D eigenvalue weighted by molar-refractivity contribution is 0.454. The van der Waals surface area contributed by atoms with E-state index >= 15 is 0 Å². The zero-order chi connectivity index (χ0) is 9.84. The Hall–Kier alpha value is -0.290. The molecule has 0 spiro atoms. The lowest BCUT2D eigenvalue weighted by atomic mass is 10.0. The molecule has 0 saturated heterocycles. The summed E-state index contributed by atoms with van der Waals surface area (Å²) in [5.41, 5.74) is 6.77. The molecule has 0 aliphatic carbocycles. The molecule has 0 heterocycles. The molecule has 0 aliphatic rings. The summed E-state index contributed by atoms with van der Waals surface area (Å²) in [5, 5.41) is 9.71. The summed E-state index contributed by atoms with van der Waals surface area (Å²) < 4.78 is 0.863. The van der Waals surface area contributed by atoms with E-state index in [2.05, 4.69) is 29.5 Å². The van der Waals surface area contributed by atoms with Gasteiger partial charge in [-0.1, -0.05) is 25.5 Å². The first kappa shape index (κ1) is 10.8. The molecule has 3 N–H and O–H groups in total. The number of phenolic OH excluding ortho intramolecular Hbond substituents is 1. The highest BCUT2D eigenvalue weighted by molar-refractivity contribution is 14.1. The highest BCUT2D eigenvalue weighted by Gasteiger charge is 2.11. The largest absolute Gasteiger partial charge is 0.506 e. The molecule has 0 aromatic heterocycles. The van der Waals surface area contributed by atoms with Gasteiger partial charge in [-0.15, -0.1) is 0 Å². The Balaban J connectivity index is 2.93. The molecule has 1 rings (SSSR count). The first-order valence-corrected chi connectivity index (χ1v) is 5.47. The summed E-state index contributed by atoms with van der Waals surface area (Å²) in [4.78, 5) is 0. The fourth-order valence-corrected chi connectivity index (χ4v) is 1.82. The van der Waals surface area contributed by atoms with Crippen molar-refractivity contribution in [1.29, 1.82) is 0 Å². The van der Waals surface area contributed by atoms with Gasteiger partial charge < -0.3 is 10.8 Å². The van der Waals surface area contributed by atoms with Gasteiger partial charge in [0.25, 0.3) is 0 Å². The highest BCUT2D eigenvalue weighted by atomic mass is 127. The van der Waals surface area contributed by atoms with Crippen LogP contribution in [0.5, 0.6) is 5.75 Å². The number of para-hydroxylation sites is 1. The maximum atomic E-state index is 9.71. The van der Waals surface area contributed by atoms with Crippen LogP contribution in [0.15, 0.2) is 18.2 Å². The summed E-state index contributed by atoms with van der Waals surface area (Å²) in [5.74, 6) is 0.337. The van der Waals surface area contributed by atoms with E-state index in [9.17, 15) is 5.11 Å². The SMILES string of the molecule is CCC[C@H](N)c1cccc(I)c1O. The van der Waals surface area contributed by atoms with Crippen molar-refractivity contribution in [3.8, 4) is 5.75 Å². The molecule has 1 atom stereocenters. The number of rotatable bonds is 3. The lowest BCUT2D eigenvalue weighted by Crippen LogP contribution is -2.10. The van der Waals surface area contributed by atoms with Crippen LogP contribution in [0.3, 0.4) is 0 Å². The van der Waals surface area contributed by atoms with E-state index in [0.29, 0.717) is 5.75 Å². The van der Waals surface area contributed by atoms with Crippen LogP contribution in [-0.2, 0) is 0 Å². The smallest absolute Gasteiger partial charge is 0.133 e. The summed E-state index contributed by atoms with van der Waals surface area (Å²) in [6.45, 7) is 2.09. The van der Waals surface area contributed by atoms with Gasteiger partial charge >= 0.3 is 0 Å². The minimum Gasteiger partial charge on any atom is -0.506 e. The van der Waals surface area contributed by atoms with Crippen LogP contribution in [0.1, 0.15) is 31.4 Å². The van der Waals surface area contributed by atoms with Crippen molar-refractivity contribution in [3.05, 3.63) is 27.3 Å². The van der Waals surface area contributed by atoms with Gasteiger partial charge in [-0.05, 0) is 35.1 Å². The Bertz CT molecular complexity index is 288. The highest BCUT2D eigenvalue weighted by Crippen LogP contribution is 2.29. The number of benzene rings is 1. The second-order valence-electron chi connectivity index (χ2n) is 3.07. The Kier molecular flexibility index (Phi) is 3.99. The normalized spacial score (nSPS) is 12.8. The van der Waals surface area contributed by atoms with Gasteiger partial charge in [-0.3, -0.25) is 0 Å². The molecule has 0 radical (unpaired) electrons. The predicted molar refractivity (Wildman–Crippen MR) is 62.7 cm³/mol. The van der Waals surface area contributed by atoms with Gasteiger partial charge in [0.15, 0.2) is 0 Å². The molecular formula is C10H14INO. The van der Waals surface area contributed by atoms with E-state index < -0.39 is 0 Å².